The molecule has 0 amide bonds. The van der Waals surface area contributed by atoms with Crippen molar-refractivity contribution in [3.63, 3.8) is 0 Å². The number of para-hydroxylation sites is 1. The summed E-state index contributed by atoms with van der Waals surface area (Å²) >= 11 is 0. The zero-order valence-corrected chi connectivity index (χ0v) is 19.0. The number of nitrogens with one attached hydrogen (secondary N) is 2. The van der Waals surface area contributed by atoms with E-state index in [9.17, 15) is 13.5 Å². The van der Waals surface area contributed by atoms with E-state index in [0.29, 0.717) is 23.0 Å². The minimum absolute atomic E-state index is 0.0164. The van der Waals surface area contributed by atoms with Crippen LogP contribution in [0, 0.1) is 0 Å². The number of hydrogen-bond acceptors (Lipinski definition) is 7. The molecule has 4 aromatic rings. The number of hydrogen-bond donors (Lipinski definition) is 3. The fourth-order valence-electron chi connectivity index (χ4n) is 3.62. The maximum Gasteiger partial charge on any atom is 0.271 e. The van der Waals surface area contributed by atoms with Gasteiger partial charge in [0.05, 0.1) is 29.2 Å². The molecule has 0 aliphatic rings. The van der Waals surface area contributed by atoms with E-state index >= 15 is 0 Å². The fraction of sp³-hybridized carbons (Fsp3) is 0.167. The highest BCUT2D eigenvalue weighted by atomic mass is 32.2. The molecule has 0 aliphatic carbocycles. The Labute approximate surface area is 192 Å². The van der Waals surface area contributed by atoms with E-state index in [-0.39, 0.29) is 10.8 Å². The van der Waals surface area contributed by atoms with Gasteiger partial charge in [-0.1, -0.05) is 54.1 Å². The van der Waals surface area contributed by atoms with Crippen molar-refractivity contribution in [1.82, 2.24) is 15.0 Å². The number of methoxy groups -OCH3 is 1. The van der Waals surface area contributed by atoms with Gasteiger partial charge in [-0.3, -0.25) is 0 Å². The minimum atomic E-state index is -4.01. The van der Waals surface area contributed by atoms with E-state index in [1.165, 1.54) is 12.1 Å². The van der Waals surface area contributed by atoms with Crippen molar-refractivity contribution in [3.8, 4) is 11.6 Å². The Kier molecular flexibility index (Phi) is 6.66. The van der Waals surface area contributed by atoms with Gasteiger partial charge in [0.25, 0.3) is 10.0 Å². The van der Waals surface area contributed by atoms with E-state index in [2.05, 4.69) is 11.0 Å². The van der Waals surface area contributed by atoms with Gasteiger partial charge in [-0.25, -0.2) is 17.8 Å². The minimum Gasteiger partial charge on any atom is -0.497 e. The molecule has 0 spiro atoms. The van der Waals surface area contributed by atoms with E-state index in [1.807, 2.05) is 24.3 Å². The number of fused-ring (bicyclic) bond motifs is 1. The predicted molar refractivity (Wildman–Crippen MR) is 125 cm³/mol. The maximum absolute atomic E-state index is 13.6. The molecule has 4 rings (SSSR count). The van der Waals surface area contributed by atoms with Gasteiger partial charge in [0.15, 0.2) is 0 Å². The molecule has 3 aromatic carbocycles. The molecule has 1 aromatic heterocycles. The predicted octanol–water partition coefficient (Wildman–Crippen LogP) is 3.53. The third-order valence-electron chi connectivity index (χ3n) is 5.20. The Bertz CT molecular complexity index is 1330. The second-order valence-corrected chi connectivity index (χ2v) is 9.19. The van der Waals surface area contributed by atoms with Crippen molar-refractivity contribution in [2.24, 2.45) is 0 Å². The number of rotatable bonds is 9. The zero-order chi connectivity index (χ0) is 23.4. The highest BCUT2D eigenvalue weighted by Gasteiger charge is 2.30. The second kappa shape index (κ2) is 9.63. The van der Waals surface area contributed by atoms with Crippen molar-refractivity contribution in [3.05, 3.63) is 90.0 Å². The number of nitrogens with zero attached hydrogens (tertiary/aromatic N) is 1. The van der Waals surface area contributed by atoms with Gasteiger partial charge in [-0.15, -0.1) is 0 Å². The lowest BCUT2D eigenvalue weighted by molar-refractivity contribution is 0.127. The first-order valence-electron chi connectivity index (χ1n) is 10.3. The lowest BCUT2D eigenvalue weighted by atomic mass is 10.1. The van der Waals surface area contributed by atoms with E-state index in [0.717, 1.165) is 15.3 Å². The molecule has 0 bridgehead atoms. The smallest absolute Gasteiger partial charge is 0.271 e. The Morgan fingerprint density at radius 2 is 1.64 bits per heavy atom. The molecule has 0 fully saturated rings. The quantitative estimate of drug-likeness (QED) is 0.256. The molecule has 0 aliphatic heterocycles. The number of aromatic nitrogens is 1. The summed E-state index contributed by atoms with van der Waals surface area (Å²) in [5.74, 6) is 0.734. The second-order valence-electron chi connectivity index (χ2n) is 7.40. The molecule has 33 heavy (non-hydrogen) atoms. The SMILES string of the molecule is COc1ccc(CNNOc2c(C(C)O)c3ccccc3n2S(=O)(=O)c2ccccc2)cc1. The molecular formula is C24H25N3O5S. The third-order valence-corrected chi connectivity index (χ3v) is 6.91. The van der Waals surface area contributed by atoms with Crippen LogP contribution >= 0.6 is 0 Å². The molecule has 0 saturated carbocycles. The monoisotopic (exact) mass is 467 g/mol. The van der Waals surface area contributed by atoms with Gasteiger partial charge in [0.2, 0.25) is 5.88 Å². The molecule has 0 radical (unpaired) electrons. The Hall–Kier alpha value is -3.37. The van der Waals surface area contributed by atoms with Crippen molar-refractivity contribution in [2.75, 3.05) is 7.11 Å². The van der Waals surface area contributed by atoms with Gasteiger partial charge >= 0.3 is 0 Å². The summed E-state index contributed by atoms with van der Waals surface area (Å²) in [5, 5.41) is 11.1. The normalized spacial score (nSPS) is 12.6. The number of aliphatic hydroxyl groups excluding tert-OH is 1. The van der Waals surface area contributed by atoms with Crippen LogP contribution < -0.4 is 20.6 Å². The molecule has 1 atom stereocenters. The van der Waals surface area contributed by atoms with Crippen LogP contribution in [0.5, 0.6) is 11.6 Å². The highest BCUT2D eigenvalue weighted by molar-refractivity contribution is 7.90. The zero-order valence-electron chi connectivity index (χ0n) is 18.2. The summed E-state index contributed by atoms with van der Waals surface area (Å²) in [6.07, 6.45) is -0.972. The summed E-state index contributed by atoms with van der Waals surface area (Å²) in [7, 11) is -2.40. The van der Waals surface area contributed by atoms with Gasteiger partial charge in [0, 0.05) is 11.9 Å². The van der Waals surface area contributed by atoms with Crippen LogP contribution in [-0.4, -0.2) is 24.6 Å². The number of ether oxygens (including phenoxy) is 1. The Morgan fingerprint density at radius 3 is 2.30 bits per heavy atom. The molecular weight excluding hydrogens is 442 g/mol. The molecule has 0 saturated heterocycles. The summed E-state index contributed by atoms with van der Waals surface area (Å²) in [4.78, 5) is 5.84. The van der Waals surface area contributed by atoms with Crippen molar-refractivity contribution in [2.45, 2.75) is 24.5 Å². The van der Waals surface area contributed by atoms with Crippen molar-refractivity contribution < 1.29 is 23.1 Å². The van der Waals surface area contributed by atoms with Crippen LogP contribution in [0.1, 0.15) is 24.2 Å². The van der Waals surface area contributed by atoms with Crippen LogP contribution in [-0.2, 0) is 16.6 Å². The third kappa shape index (κ3) is 4.57. The van der Waals surface area contributed by atoms with Gasteiger partial charge in [0.1, 0.15) is 5.75 Å². The first-order valence-corrected chi connectivity index (χ1v) is 11.8. The topological polar surface area (TPSA) is 102 Å². The standard InChI is InChI=1S/C24H25N3O5S/c1-17(28)23-21-10-6-7-11-22(21)27(33(29,30)20-8-4-3-5-9-20)24(23)32-26-25-16-18-12-14-19(31-2)15-13-18/h3-15,17,25-26,28H,16H2,1-2H3. The Morgan fingerprint density at radius 1 is 0.970 bits per heavy atom. The first kappa shape index (κ1) is 22.8. The van der Waals surface area contributed by atoms with Gasteiger partial charge in [-0.05, 0) is 42.8 Å². The molecule has 8 nitrogen and oxygen atoms in total. The van der Waals surface area contributed by atoms with Crippen LogP contribution in [0.4, 0.5) is 0 Å². The van der Waals surface area contributed by atoms with E-state index in [4.69, 9.17) is 9.57 Å². The number of hydrazine groups is 1. The van der Waals surface area contributed by atoms with Crippen LogP contribution in [0.3, 0.4) is 0 Å². The lowest BCUT2D eigenvalue weighted by Crippen LogP contribution is -2.35. The van der Waals surface area contributed by atoms with E-state index in [1.54, 1.807) is 56.5 Å². The lowest BCUT2D eigenvalue weighted by Gasteiger charge is -2.15. The summed E-state index contributed by atoms with van der Waals surface area (Å²) < 4.78 is 33.4. The maximum atomic E-state index is 13.6. The average Bonchev–Trinajstić information content (AvgIpc) is 3.18. The van der Waals surface area contributed by atoms with Gasteiger partial charge in [-0.2, -0.15) is 0 Å². The molecule has 1 unspecified atom stereocenters. The van der Waals surface area contributed by atoms with Crippen molar-refractivity contribution >= 4 is 20.9 Å². The van der Waals surface area contributed by atoms with Gasteiger partial charge < -0.3 is 14.7 Å². The largest absolute Gasteiger partial charge is 0.497 e. The van der Waals surface area contributed by atoms with Crippen LogP contribution in [0.25, 0.3) is 10.9 Å². The van der Waals surface area contributed by atoms with Crippen LogP contribution in [0.15, 0.2) is 83.8 Å². The number of aliphatic hydroxyl groups is 1. The van der Waals surface area contributed by atoms with Crippen LogP contribution in [0.2, 0.25) is 0 Å². The average molecular weight is 468 g/mol. The fourth-order valence-corrected chi connectivity index (χ4v) is 5.10. The van der Waals surface area contributed by atoms with E-state index < -0.39 is 16.1 Å². The number of benzene rings is 3. The highest BCUT2D eigenvalue weighted by Crippen LogP contribution is 2.38. The summed E-state index contributed by atoms with van der Waals surface area (Å²) in [6, 6.07) is 22.5. The van der Waals surface area contributed by atoms with Crippen molar-refractivity contribution in [1.29, 1.82) is 0 Å². The summed E-state index contributed by atoms with van der Waals surface area (Å²) in [5.41, 5.74) is 7.26. The Balaban J connectivity index is 1.68. The molecule has 3 N–H and O–H groups in total. The molecule has 172 valence electrons. The molecule has 1 heterocycles. The molecule has 9 heteroatoms. The first-order chi connectivity index (χ1) is 15.9. The summed E-state index contributed by atoms with van der Waals surface area (Å²) in [6.45, 7) is 1.97.